The minimum atomic E-state index is -4.09. The second-order valence-corrected chi connectivity index (χ2v) is 7.70. The summed E-state index contributed by atoms with van der Waals surface area (Å²) >= 11 is 3.89. The van der Waals surface area contributed by atoms with Crippen LogP contribution in [0.2, 0.25) is 0 Å². The SMILES string of the molecule is NOOSc1cccc(S(N)(=O)=O)c1NC(=O)Nc1ccc(Br)cc1. The van der Waals surface area contributed by atoms with E-state index in [1.165, 1.54) is 18.2 Å². The van der Waals surface area contributed by atoms with Crippen LogP contribution < -0.4 is 21.7 Å². The second kappa shape index (κ2) is 8.62. The number of hydrogen-bond acceptors (Lipinski definition) is 7. The number of sulfonamides is 1. The van der Waals surface area contributed by atoms with E-state index >= 15 is 0 Å². The zero-order valence-electron chi connectivity index (χ0n) is 12.4. The van der Waals surface area contributed by atoms with Crippen LogP contribution >= 0.6 is 28.0 Å². The molecule has 6 N–H and O–H groups in total. The molecule has 9 nitrogen and oxygen atoms in total. The molecule has 134 valence electrons. The lowest BCUT2D eigenvalue weighted by atomic mass is 10.3. The summed E-state index contributed by atoms with van der Waals surface area (Å²) in [6.45, 7) is 0. The zero-order valence-corrected chi connectivity index (χ0v) is 15.7. The molecule has 0 aliphatic rings. The number of urea groups is 1. The number of nitrogens with two attached hydrogens (primary N) is 2. The maximum Gasteiger partial charge on any atom is 0.323 e. The van der Waals surface area contributed by atoms with Crippen molar-refractivity contribution in [1.82, 2.24) is 0 Å². The summed E-state index contributed by atoms with van der Waals surface area (Å²) < 4.78 is 28.9. The molecule has 0 saturated heterocycles. The molecule has 0 aliphatic carbocycles. The highest BCUT2D eigenvalue weighted by molar-refractivity contribution is 9.10. The lowest BCUT2D eigenvalue weighted by Gasteiger charge is -2.14. The number of para-hydroxylation sites is 1. The molecular weight excluding hydrogens is 436 g/mol. The third-order valence-electron chi connectivity index (χ3n) is 2.80. The Labute approximate surface area is 156 Å². The number of hydrogen-bond donors (Lipinski definition) is 4. The number of primary sulfonamides is 1. The van der Waals surface area contributed by atoms with Crippen molar-refractivity contribution in [3.63, 3.8) is 0 Å². The van der Waals surface area contributed by atoms with Crippen LogP contribution in [0.3, 0.4) is 0 Å². The van der Waals surface area contributed by atoms with Gasteiger partial charge in [-0.25, -0.2) is 18.4 Å². The summed E-state index contributed by atoms with van der Waals surface area (Å²) in [4.78, 5) is 16.1. The van der Waals surface area contributed by atoms with E-state index in [1.54, 1.807) is 24.3 Å². The number of rotatable bonds is 6. The van der Waals surface area contributed by atoms with Gasteiger partial charge in [-0.3, -0.25) is 0 Å². The zero-order chi connectivity index (χ0) is 18.4. The molecule has 0 saturated carbocycles. The Morgan fingerprint density at radius 3 is 2.40 bits per heavy atom. The van der Waals surface area contributed by atoms with Gasteiger partial charge in [0.2, 0.25) is 10.0 Å². The lowest BCUT2D eigenvalue weighted by molar-refractivity contribution is -0.195. The van der Waals surface area contributed by atoms with Crippen molar-refractivity contribution in [1.29, 1.82) is 0 Å². The molecule has 0 radical (unpaired) electrons. The van der Waals surface area contributed by atoms with Crippen molar-refractivity contribution in [2.75, 3.05) is 10.6 Å². The number of halogens is 1. The second-order valence-electron chi connectivity index (χ2n) is 4.51. The third kappa shape index (κ3) is 5.67. The van der Waals surface area contributed by atoms with Crippen molar-refractivity contribution in [2.45, 2.75) is 9.79 Å². The van der Waals surface area contributed by atoms with Crippen LogP contribution in [0.4, 0.5) is 16.2 Å². The molecular formula is C13H13BrN4O5S2. The van der Waals surface area contributed by atoms with Gasteiger partial charge >= 0.3 is 6.03 Å². The number of carbonyl (C=O) groups excluding carboxylic acids is 1. The molecule has 0 aromatic heterocycles. The fourth-order valence-corrected chi connectivity index (χ4v) is 3.34. The highest BCUT2D eigenvalue weighted by atomic mass is 79.9. The van der Waals surface area contributed by atoms with E-state index in [0.29, 0.717) is 17.7 Å². The number of carbonyl (C=O) groups is 1. The van der Waals surface area contributed by atoms with Crippen LogP contribution in [0.25, 0.3) is 0 Å². The maximum absolute atomic E-state index is 12.2. The van der Waals surface area contributed by atoms with E-state index < -0.39 is 16.1 Å². The first-order chi connectivity index (χ1) is 11.8. The normalized spacial score (nSPS) is 11.2. The molecule has 0 spiro atoms. The first-order valence-electron chi connectivity index (χ1n) is 6.50. The topological polar surface area (TPSA) is 146 Å². The highest BCUT2D eigenvalue weighted by Crippen LogP contribution is 2.33. The van der Waals surface area contributed by atoms with Gasteiger partial charge in [-0.05, 0) is 36.4 Å². The molecule has 0 atom stereocenters. The van der Waals surface area contributed by atoms with Gasteiger partial charge in [0.05, 0.1) is 22.6 Å². The molecule has 25 heavy (non-hydrogen) atoms. The molecule has 0 bridgehead atoms. The minimum Gasteiger partial charge on any atom is -0.308 e. The molecule has 12 heteroatoms. The Kier molecular flexibility index (Phi) is 6.78. The Morgan fingerprint density at radius 1 is 1.12 bits per heavy atom. The summed E-state index contributed by atoms with van der Waals surface area (Å²) in [5, 5.41) is 10.2. The van der Waals surface area contributed by atoms with E-state index in [-0.39, 0.29) is 15.5 Å². The summed E-state index contributed by atoms with van der Waals surface area (Å²) in [6, 6.07) is 10.3. The largest absolute Gasteiger partial charge is 0.323 e. The predicted octanol–water partition coefficient (Wildman–Crippen LogP) is 2.57. The molecule has 2 aromatic rings. The Morgan fingerprint density at radius 2 is 1.80 bits per heavy atom. The summed E-state index contributed by atoms with van der Waals surface area (Å²) in [6.07, 6.45) is 0. The van der Waals surface area contributed by atoms with Crippen LogP contribution in [-0.2, 0) is 19.3 Å². The molecule has 0 heterocycles. The maximum atomic E-state index is 12.2. The van der Waals surface area contributed by atoms with Crippen molar-refractivity contribution in [3.05, 3.63) is 46.9 Å². The van der Waals surface area contributed by atoms with Gasteiger partial charge in [-0.1, -0.05) is 22.0 Å². The van der Waals surface area contributed by atoms with Crippen molar-refractivity contribution < 1.29 is 22.5 Å². The number of nitrogens with one attached hydrogen (secondary N) is 2. The van der Waals surface area contributed by atoms with Crippen LogP contribution in [0.5, 0.6) is 0 Å². The van der Waals surface area contributed by atoms with E-state index in [0.717, 1.165) is 4.47 Å². The average molecular weight is 449 g/mol. The average Bonchev–Trinajstić information content (AvgIpc) is 2.55. The first-order valence-corrected chi connectivity index (χ1v) is 9.59. The standard InChI is InChI=1S/C13H13BrN4O5S2/c14-8-4-6-9(7-5-8)17-13(19)18-12-10(24-23-22-15)2-1-3-11(12)25(16,20)21/h1-7H,15H2,(H2,16,20,21)(H2,17,18,19). The van der Waals surface area contributed by atoms with Crippen molar-refractivity contribution in [2.24, 2.45) is 11.0 Å². The van der Waals surface area contributed by atoms with Crippen LogP contribution in [0, 0.1) is 0 Å². The smallest absolute Gasteiger partial charge is 0.308 e. The van der Waals surface area contributed by atoms with Crippen LogP contribution in [0.1, 0.15) is 0 Å². The fourth-order valence-electron chi connectivity index (χ4n) is 1.81. The highest BCUT2D eigenvalue weighted by Gasteiger charge is 2.20. The van der Waals surface area contributed by atoms with E-state index in [9.17, 15) is 13.2 Å². The lowest BCUT2D eigenvalue weighted by Crippen LogP contribution is -2.23. The summed E-state index contributed by atoms with van der Waals surface area (Å²) in [5.41, 5.74) is 0.436. The Bertz CT molecular complexity index is 861. The first kappa shape index (κ1) is 19.7. The quantitative estimate of drug-likeness (QED) is 0.301. The van der Waals surface area contributed by atoms with Gasteiger partial charge < -0.3 is 10.6 Å². The Balaban J connectivity index is 2.29. The van der Waals surface area contributed by atoms with E-state index in [1.807, 2.05) is 0 Å². The Hall–Kier alpha value is -1.67. The van der Waals surface area contributed by atoms with Gasteiger partial charge in [0, 0.05) is 10.2 Å². The summed E-state index contributed by atoms with van der Waals surface area (Å²) in [5.74, 6) is 4.78. The van der Waals surface area contributed by atoms with Gasteiger partial charge in [-0.15, -0.1) is 9.32 Å². The monoisotopic (exact) mass is 448 g/mol. The van der Waals surface area contributed by atoms with E-state index in [4.69, 9.17) is 11.0 Å². The fraction of sp³-hybridized carbons (Fsp3) is 0. The van der Waals surface area contributed by atoms with Crippen LogP contribution in [0.15, 0.2) is 56.7 Å². The molecule has 2 rings (SSSR count). The molecule has 2 aromatic carbocycles. The molecule has 0 aliphatic heterocycles. The van der Waals surface area contributed by atoms with Gasteiger partial charge in [0.25, 0.3) is 0 Å². The van der Waals surface area contributed by atoms with Crippen LogP contribution in [-0.4, -0.2) is 14.4 Å². The number of benzene rings is 2. The molecule has 0 unspecified atom stereocenters. The number of anilines is 2. The number of amides is 2. The van der Waals surface area contributed by atoms with Gasteiger partial charge in [0.1, 0.15) is 4.90 Å². The minimum absolute atomic E-state index is 0.0679. The summed E-state index contributed by atoms with van der Waals surface area (Å²) in [7, 11) is -4.09. The third-order valence-corrected chi connectivity index (χ3v) is 4.95. The molecule has 2 amide bonds. The van der Waals surface area contributed by atoms with Gasteiger partial charge in [-0.2, -0.15) is 5.90 Å². The van der Waals surface area contributed by atoms with Gasteiger partial charge in [0.15, 0.2) is 0 Å². The molecule has 0 fully saturated rings. The predicted molar refractivity (Wildman–Crippen MR) is 96.8 cm³/mol. The van der Waals surface area contributed by atoms with Crippen molar-refractivity contribution in [3.8, 4) is 0 Å². The van der Waals surface area contributed by atoms with E-state index in [2.05, 4.69) is 35.9 Å². The van der Waals surface area contributed by atoms with Crippen molar-refractivity contribution >= 4 is 55.4 Å².